The molecule has 3 heteroatoms. The average Bonchev–Trinajstić information content (AvgIpc) is 2.04. The zero-order chi connectivity index (χ0) is 11.4. The highest BCUT2D eigenvalue weighted by Gasteiger charge is 2.35. The van der Waals surface area contributed by atoms with Crippen LogP contribution in [0.2, 0.25) is 0 Å². The average molecular weight is 202 g/mol. The van der Waals surface area contributed by atoms with E-state index in [1.165, 1.54) is 0 Å². The van der Waals surface area contributed by atoms with Crippen molar-refractivity contribution < 1.29 is 15.0 Å². The third-order valence-corrected chi connectivity index (χ3v) is 3.02. The molecule has 0 rings (SSSR count). The van der Waals surface area contributed by atoms with Gasteiger partial charge >= 0.3 is 5.97 Å². The molecule has 2 N–H and O–H groups in total. The lowest BCUT2D eigenvalue weighted by molar-refractivity contribution is -0.150. The van der Waals surface area contributed by atoms with E-state index in [0.717, 1.165) is 0 Å². The smallest absolute Gasteiger partial charge is 0.309 e. The first-order valence-corrected chi connectivity index (χ1v) is 5.23. The highest BCUT2D eigenvalue weighted by molar-refractivity contribution is 5.74. The summed E-state index contributed by atoms with van der Waals surface area (Å²) in [7, 11) is 0. The van der Waals surface area contributed by atoms with Crippen molar-refractivity contribution in [3.63, 3.8) is 0 Å². The molecule has 84 valence electrons. The van der Waals surface area contributed by atoms with Crippen LogP contribution in [0.25, 0.3) is 0 Å². The summed E-state index contributed by atoms with van der Waals surface area (Å²) in [5.74, 6) is -0.744. The Morgan fingerprint density at radius 2 is 1.57 bits per heavy atom. The Bertz CT molecular complexity index is 187. The number of aliphatic hydroxyl groups is 1. The number of carboxylic acid groups (broad SMARTS) is 1. The second-order valence-corrected chi connectivity index (χ2v) is 4.61. The Morgan fingerprint density at radius 3 is 1.79 bits per heavy atom. The van der Waals surface area contributed by atoms with Gasteiger partial charge in [0.25, 0.3) is 0 Å². The largest absolute Gasteiger partial charge is 0.481 e. The Labute approximate surface area is 86.1 Å². The van der Waals surface area contributed by atoms with E-state index < -0.39 is 17.0 Å². The Balaban J connectivity index is 4.45. The maximum absolute atomic E-state index is 11.1. The zero-order valence-electron chi connectivity index (χ0n) is 9.63. The van der Waals surface area contributed by atoms with Gasteiger partial charge in [0.1, 0.15) is 0 Å². The van der Waals surface area contributed by atoms with Gasteiger partial charge in [-0.15, -0.1) is 0 Å². The molecular formula is C11H22O3. The van der Waals surface area contributed by atoms with Crippen molar-refractivity contribution in [1.29, 1.82) is 0 Å². The van der Waals surface area contributed by atoms with Gasteiger partial charge in [-0.05, 0) is 39.5 Å². The Hall–Kier alpha value is -0.570. The number of aliphatic carboxylic acids is 1. The number of hydrogen-bond acceptors (Lipinski definition) is 2. The van der Waals surface area contributed by atoms with Gasteiger partial charge in [-0.3, -0.25) is 4.79 Å². The molecule has 0 aromatic rings. The highest BCUT2D eigenvalue weighted by atomic mass is 16.4. The molecular weight excluding hydrogens is 180 g/mol. The van der Waals surface area contributed by atoms with E-state index in [1.807, 2.05) is 13.8 Å². The SMILES string of the molecule is CCC(CC)(CCC(C)(C)O)C(=O)O. The van der Waals surface area contributed by atoms with E-state index in [1.54, 1.807) is 13.8 Å². The van der Waals surface area contributed by atoms with Crippen molar-refractivity contribution in [2.75, 3.05) is 0 Å². The lowest BCUT2D eigenvalue weighted by Crippen LogP contribution is -2.32. The lowest BCUT2D eigenvalue weighted by Gasteiger charge is -2.29. The Kier molecular flexibility index (Phi) is 4.59. The molecule has 0 atom stereocenters. The first-order chi connectivity index (χ1) is 6.27. The summed E-state index contributed by atoms with van der Waals surface area (Å²) in [6, 6.07) is 0. The summed E-state index contributed by atoms with van der Waals surface area (Å²) in [6.45, 7) is 7.21. The molecule has 0 aliphatic rings. The predicted molar refractivity (Wildman–Crippen MR) is 56.2 cm³/mol. The first kappa shape index (κ1) is 13.4. The Morgan fingerprint density at radius 1 is 1.14 bits per heavy atom. The van der Waals surface area contributed by atoms with Crippen LogP contribution in [0.3, 0.4) is 0 Å². The van der Waals surface area contributed by atoms with Crippen LogP contribution >= 0.6 is 0 Å². The molecule has 0 amide bonds. The summed E-state index contributed by atoms with van der Waals surface area (Å²) in [5.41, 5.74) is -1.43. The molecule has 0 fully saturated rings. The monoisotopic (exact) mass is 202 g/mol. The molecule has 0 heterocycles. The van der Waals surface area contributed by atoms with E-state index in [-0.39, 0.29) is 0 Å². The molecule has 0 aromatic carbocycles. The minimum absolute atomic E-state index is 0.529. The van der Waals surface area contributed by atoms with Gasteiger partial charge < -0.3 is 10.2 Å². The first-order valence-electron chi connectivity index (χ1n) is 5.23. The molecule has 0 saturated carbocycles. The van der Waals surface area contributed by atoms with Crippen molar-refractivity contribution in [1.82, 2.24) is 0 Å². The number of hydrogen-bond donors (Lipinski definition) is 2. The van der Waals surface area contributed by atoms with Crippen LogP contribution in [0.15, 0.2) is 0 Å². The van der Waals surface area contributed by atoms with E-state index in [0.29, 0.717) is 25.7 Å². The molecule has 3 nitrogen and oxygen atoms in total. The van der Waals surface area contributed by atoms with Gasteiger partial charge in [0, 0.05) is 0 Å². The summed E-state index contributed by atoms with van der Waals surface area (Å²) in [6.07, 6.45) is 2.31. The van der Waals surface area contributed by atoms with Crippen molar-refractivity contribution in [2.24, 2.45) is 5.41 Å². The fourth-order valence-electron chi connectivity index (χ4n) is 1.56. The second-order valence-electron chi connectivity index (χ2n) is 4.61. The molecule has 14 heavy (non-hydrogen) atoms. The maximum atomic E-state index is 11.1. The fraction of sp³-hybridized carbons (Fsp3) is 0.909. The van der Waals surface area contributed by atoms with Crippen LogP contribution in [0.5, 0.6) is 0 Å². The maximum Gasteiger partial charge on any atom is 0.309 e. The summed E-state index contributed by atoms with van der Waals surface area (Å²) >= 11 is 0. The van der Waals surface area contributed by atoms with Crippen molar-refractivity contribution in [2.45, 2.75) is 59.0 Å². The molecule has 0 aliphatic heterocycles. The van der Waals surface area contributed by atoms with Crippen molar-refractivity contribution in [3.05, 3.63) is 0 Å². The minimum Gasteiger partial charge on any atom is -0.481 e. The van der Waals surface area contributed by atoms with E-state index in [9.17, 15) is 9.90 Å². The van der Waals surface area contributed by atoms with Gasteiger partial charge in [-0.25, -0.2) is 0 Å². The van der Waals surface area contributed by atoms with Crippen LogP contribution in [-0.4, -0.2) is 21.8 Å². The number of carbonyl (C=O) groups is 1. The fourth-order valence-corrected chi connectivity index (χ4v) is 1.56. The van der Waals surface area contributed by atoms with Crippen LogP contribution in [0.1, 0.15) is 53.4 Å². The van der Waals surface area contributed by atoms with Gasteiger partial charge in [0.05, 0.1) is 11.0 Å². The van der Waals surface area contributed by atoms with Crippen LogP contribution in [-0.2, 0) is 4.79 Å². The summed E-state index contributed by atoms with van der Waals surface area (Å²) < 4.78 is 0. The molecule has 0 spiro atoms. The predicted octanol–water partition coefficient (Wildman–Crippen LogP) is 2.43. The van der Waals surface area contributed by atoms with Crippen LogP contribution in [0, 0.1) is 5.41 Å². The number of rotatable bonds is 6. The van der Waals surface area contributed by atoms with Crippen molar-refractivity contribution in [3.8, 4) is 0 Å². The summed E-state index contributed by atoms with van der Waals surface area (Å²) in [5, 5.41) is 18.7. The topological polar surface area (TPSA) is 57.5 Å². The molecule has 0 radical (unpaired) electrons. The standard InChI is InChI=1S/C11H22O3/c1-5-11(6-2,9(12)13)8-7-10(3,4)14/h14H,5-8H2,1-4H3,(H,12,13). The summed E-state index contributed by atoms with van der Waals surface area (Å²) in [4.78, 5) is 11.1. The lowest BCUT2D eigenvalue weighted by atomic mass is 9.76. The molecule has 0 aliphatic carbocycles. The molecule has 0 bridgehead atoms. The van der Waals surface area contributed by atoms with E-state index >= 15 is 0 Å². The van der Waals surface area contributed by atoms with Gasteiger partial charge in [0.15, 0.2) is 0 Å². The third kappa shape index (κ3) is 3.66. The molecule has 0 aromatic heterocycles. The number of carboxylic acids is 1. The van der Waals surface area contributed by atoms with Gasteiger partial charge in [-0.1, -0.05) is 13.8 Å². The quantitative estimate of drug-likeness (QED) is 0.695. The van der Waals surface area contributed by atoms with E-state index in [2.05, 4.69) is 0 Å². The van der Waals surface area contributed by atoms with Crippen molar-refractivity contribution >= 4 is 5.97 Å². The third-order valence-electron chi connectivity index (χ3n) is 3.02. The van der Waals surface area contributed by atoms with Crippen LogP contribution in [0.4, 0.5) is 0 Å². The zero-order valence-corrected chi connectivity index (χ0v) is 9.63. The van der Waals surface area contributed by atoms with Crippen LogP contribution < -0.4 is 0 Å². The minimum atomic E-state index is -0.773. The molecule has 0 unspecified atom stereocenters. The highest BCUT2D eigenvalue weighted by Crippen LogP contribution is 2.34. The van der Waals surface area contributed by atoms with Gasteiger partial charge in [0.2, 0.25) is 0 Å². The second kappa shape index (κ2) is 4.78. The van der Waals surface area contributed by atoms with Gasteiger partial charge in [-0.2, -0.15) is 0 Å². The normalized spacial score (nSPS) is 12.9. The molecule has 0 saturated heterocycles. The van der Waals surface area contributed by atoms with E-state index in [4.69, 9.17) is 5.11 Å².